The Morgan fingerprint density at radius 1 is 1.62 bits per heavy atom. The lowest BCUT2D eigenvalue weighted by molar-refractivity contribution is -0.142. The first-order chi connectivity index (χ1) is 7.67. The molecule has 1 aromatic carbocycles. The largest absolute Gasteiger partial charge is 0.468 e. The van der Waals surface area contributed by atoms with Gasteiger partial charge in [-0.25, -0.2) is 0 Å². The van der Waals surface area contributed by atoms with Crippen molar-refractivity contribution in [3.8, 4) is 6.07 Å². The van der Waals surface area contributed by atoms with Crippen LogP contribution in [0.1, 0.15) is 18.1 Å². The van der Waals surface area contributed by atoms with Gasteiger partial charge in [-0.3, -0.25) is 4.79 Å². The van der Waals surface area contributed by atoms with E-state index in [-0.39, 0.29) is 12.0 Å². The number of methoxy groups -OCH3 is 1. The molecule has 0 saturated heterocycles. The van der Waals surface area contributed by atoms with E-state index in [0.29, 0.717) is 12.1 Å². The number of carbonyl (C=O) groups is 1. The minimum Gasteiger partial charge on any atom is -0.468 e. The van der Waals surface area contributed by atoms with Crippen LogP contribution in [0.3, 0.4) is 0 Å². The van der Waals surface area contributed by atoms with Crippen molar-refractivity contribution in [3.05, 3.63) is 35.4 Å². The lowest BCUT2D eigenvalue weighted by atomic mass is 10.1. The molecule has 0 amide bonds. The molecule has 0 aliphatic heterocycles. The molecule has 84 valence electrons. The molecule has 0 aromatic heterocycles. The molecule has 4 nitrogen and oxygen atoms in total. The third-order valence-corrected chi connectivity index (χ3v) is 2.22. The minimum atomic E-state index is -0.351. The average Bonchev–Trinajstić information content (AvgIpc) is 2.35. The van der Waals surface area contributed by atoms with Gasteiger partial charge in [-0.15, -0.1) is 0 Å². The van der Waals surface area contributed by atoms with Crippen LogP contribution in [0.15, 0.2) is 24.3 Å². The first kappa shape index (κ1) is 12.2. The van der Waals surface area contributed by atoms with Gasteiger partial charge in [0.25, 0.3) is 0 Å². The average molecular weight is 218 g/mol. The number of nitrogens with zero attached hydrogens (tertiary/aromatic N) is 1. The minimum absolute atomic E-state index is 0.295. The van der Waals surface area contributed by atoms with Gasteiger partial charge in [-0.1, -0.05) is 12.1 Å². The smallest absolute Gasteiger partial charge is 0.322 e. The third kappa shape index (κ3) is 3.37. The van der Waals surface area contributed by atoms with Gasteiger partial charge in [0, 0.05) is 6.54 Å². The number of hydrogen-bond donors (Lipinski definition) is 1. The summed E-state index contributed by atoms with van der Waals surface area (Å²) >= 11 is 0. The van der Waals surface area contributed by atoms with E-state index in [1.165, 1.54) is 7.11 Å². The van der Waals surface area contributed by atoms with Gasteiger partial charge in [0.15, 0.2) is 0 Å². The predicted octanol–water partition coefficient (Wildman–Crippen LogP) is 1.21. The van der Waals surface area contributed by atoms with Gasteiger partial charge in [-0.2, -0.15) is 5.26 Å². The number of ether oxygens (including phenoxy) is 1. The Labute approximate surface area is 94.8 Å². The number of nitrogens with one attached hydrogen (secondary N) is 1. The van der Waals surface area contributed by atoms with Crippen molar-refractivity contribution in [2.45, 2.75) is 19.5 Å². The molecule has 1 atom stereocenters. The molecule has 0 heterocycles. The maximum atomic E-state index is 11.1. The first-order valence-electron chi connectivity index (χ1n) is 4.97. The van der Waals surface area contributed by atoms with Crippen LogP contribution < -0.4 is 5.32 Å². The van der Waals surface area contributed by atoms with Crippen molar-refractivity contribution in [1.82, 2.24) is 5.32 Å². The van der Waals surface area contributed by atoms with Gasteiger partial charge in [0.05, 0.1) is 18.7 Å². The fraction of sp³-hybridized carbons (Fsp3) is 0.333. The van der Waals surface area contributed by atoms with E-state index in [0.717, 1.165) is 5.56 Å². The summed E-state index contributed by atoms with van der Waals surface area (Å²) in [5, 5.41) is 11.7. The molecular formula is C12H14N2O2. The highest BCUT2D eigenvalue weighted by atomic mass is 16.5. The summed E-state index contributed by atoms with van der Waals surface area (Å²) in [5.41, 5.74) is 1.58. The Hall–Kier alpha value is -1.86. The van der Waals surface area contributed by atoms with Gasteiger partial charge in [0.2, 0.25) is 0 Å². The van der Waals surface area contributed by atoms with Gasteiger partial charge >= 0.3 is 5.97 Å². The Kier molecular flexibility index (Phi) is 4.49. The number of benzene rings is 1. The lowest BCUT2D eigenvalue weighted by Gasteiger charge is -2.11. The molecule has 0 radical (unpaired) electrons. The fourth-order valence-electron chi connectivity index (χ4n) is 1.28. The Morgan fingerprint density at radius 3 is 3.00 bits per heavy atom. The molecule has 0 fully saturated rings. The van der Waals surface area contributed by atoms with E-state index in [4.69, 9.17) is 5.26 Å². The second-order valence-electron chi connectivity index (χ2n) is 3.44. The molecule has 0 bridgehead atoms. The van der Waals surface area contributed by atoms with E-state index < -0.39 is 0 Å². The van der Waals surface area contributed by atoms with Crippen LogP contribution in [0.25, 0.3) is 0 Å². The predicted molar refractivity (Wildman–Crippen MR) is 59.5 cm³/mol. The molecule has 16 heavy (non-hydrogen) atoms. The van der Waals surface area contributed by atoms with E-state index in [9.17, 15) is 4.79 Å². The summed E-state index contributed by atoms with van der Waals surface area (Å²) in [6.07, 6.45) is 0. The van der Waals surface area contributed by atoms with E-state index in [1.54, 1.807) is 19.1 Å². The topological polar surface area (TPSA) is 62.1 Å². The van der Waals surface area contributed by atoms with Gasteiger partial charge in [-0.05, 0) is 24.6 Å². The van der Waals surface area contributed by atoms with Gasteiger partial charge < -0.3 is 10.1 Å². The third-order valence-electron chi connectivity index (χ3n) is 2.22. The fourth-order valence-corrected chi connectivity index (χ4v) is 1.28. The van der Waals surface area contributed by atoms with Crippen molar-refractivity contribution in [3.63, 3.8) is 0 Å². The summed E-state index contributed by atoms with van der Waals surface area (Å²) in [4.78, 5) is 11.1. The quantitative estimate of drug-likeness (QED) is 0.771. The van der Waals surface area contributed by atoms with Crippen LogP contribution >= 0.6 is 0 Å². The summed E-state index contributed by atoms with van der Waals surface area (Å²) in [5.74, 6) is -0.295. The second kappa shape index (κ2) is 5.89. The molecule has 1 N–H and O–H groups in total. The highest BCUT2D eigenvalue weighted by Crippen LogP contribution is 2.04. The van der Waals surface area contributed by atoms with E-state index >= 15 is 0 Å². The van der Waals surface area contributed by atoms with Crippen LogP contribution in [0.2, 0.25) is 0 Å². The molecule has 0 unspecified atom stereocenters. The Morgan fingerprint density at radius 2 is 2.38 bits per heavy atom. The molecule has 1 rings (SSSR count). The molecule has 0 saturated carbocycles. The van der Waals surface area contributed by atoms with Crippen molar-refractivity contribution >= 4 is 5.97 Å². The molecule has 4 heteroatoms. The standard InChI is InChI=1S/C12H14N2O2/c1-9(12(15)16-2)14-8-11-5-3-4-10(6-11)7-13/h3-6,9,14H,8H2,1-2H3/t9-/m1/s1. The summed E-state index contributed by atoms with van der Waals surface area (Å²) in [6, 6.07) is 8.97. The SMILES string of the molecule is COC(=O)[C@@H](C)NCc1cccc(C#N)c1. The molecule has 0 spiro atoms. The second-order valence-corrected chi connectivity index (χ2v) is 3.44. The molecule has 0 aliphatic rings. The zero-order chi connectivity index (χ0) is 12.0. The summed E-state index contributed by atoms with van der Waals surface area (Å²) in [7, 11) is 1.36. The Balaban J connectivity index is 2.55. The zero-order valence-corrected chi connectivity index (χ0v) is 9.36. The number of nitriles is 1. The van der Waals surface area contributed by atoms with Crippen molar-refractivity contribution in [2.75, 3.05) is 7.11 Å². The van der Waals surface area contributed by atoms with Gasteiger partial charge in [0.1, 0.15) is 6.04 Å². The molecular weight excluding hydrogens is 204 g/mol. The number of hydrogen-bond acceptors (Lipinski definition) is 4. The molecule has 1 aromatic rings. The summed E-state index contributed by atoms with van der Waals surface area (Å²) < 4.78 is 4.59. The van der Waals surface area contributed by atoms with Crippen LogP contribution in [-0.2, 0) is 16.1 Å². The Bertz CT molecular complexity index is 410. The maximum Gasteiger partial charge on any atom is 0.322 e. The summed E-state index contributed by atoms with van der Waals surface area (Å²) in [6.45, 7) is 2.27. The van der Waals surface area contributed by atoms with Crippen molar-refractivity contribution < 1.29 is 9.53 Å². The van der Waals surface area contributed by atoms with E-state index in [1.807, 2.05) is 12.1 Å². The van der Waals surface area contributed by atoms with Crippen LogP contribution in [-0.4, -0.2) is 19.1 Å². The first-order valence-corrected chi connectivity index (χ1v) is 4.97. The maximum absolute atomic E-state index is 11.1. The monoisotopic (exact) mass is 218 g/mol. The lowest BCUT2D eigenvalue weighted by Crippen LogP contribution is -2.34. The highest BCUT2D eigenvalue weighted by molar-refractivity contribution is 5.75. The van der Waals surface area contributed by atoms with Crippen LogP contribution in [0, 0.1) is 11.3 Å². The molecule has 0 aliphatic carbocycles. The number of carbonyl (C=O) groups excluding carboxylic acids is 1. The number of rotatable bonds is 4. The van der Waals surface area contributed by atoms with E-state index in [2.05, 4.69) is 16.1 Å². The van der Waals surface area contributed by atoms with Crippen LogP contribution in [0.4, 0.5) is 0 Å². The van der Waals surface area contributed by atoms with Crippen molar-refractivity contribution in [2.24, 2.45) is 0 Å². The van der Waals surface area contributed by atoms with Crippen LogP contribution in [0.5, 0.6) is 0 Å². The number of esters is 1. The highest BCUT2D eigenvalue weighted by Gasteiger charge is 2.11. The van der Waals surface area contributed by atoms with Crippen molar-refractivity contribution in [1.29, 1.82) is 5.26 Å². The zero-order valence-electron chi connectivity index (χ0n) is 9.36. The normalized spacial score (nSPS) is 11.6.